The highest BCUT2D eigenvalue weighted by Gasteiger charge is 2.02. The number of fused-ring (bicyclic) bond motifs is 1. The van der Waals surface area contributed by atoms with E-state index in [-0.39, 0.29) is 18.2 Å². The normalized spacial score (nSPS) is 10.1. The van der Waals surface area contributed by atoms with Gasteiger partial charge in [-0.05, 0) is 18.2 Å². The molecule has 0 atom stereocenters. The Morgan fingerprint density at radius 3 is 2.93 bits per heavy atom. The smallest absolute Gasteiger partial charge is 0.125 e. The maximum Gasteiger partial charge on any atom is 0.125 e. The molecule has 3 nitrogen and oxygen atoms in total. The Bertz CT molecular complexity index is 427. The lowest BCUT2D eigenvalue weighted by molar-refractivity contribution is 0.620. The molecule has 0 spiro atoms. The predicted molar refractivity (Wildman–Crippen MR) is 56.0 cm³/mol. The van der Waals surface area contributed by atoms with E-state index in [2.05, 4.69) is 5.10 Å². The minimum absolute atomic E-state index is 0. The first kappa shape index (κ1) is 10.9. The van der Waals surface area contributed by atoms with Crippen LogP contribution in [0.4, 0.5) is 4.39 Å². The van der Waals surface area contributed by atoms with Gasteiger partial charge >= 0.3 is 0 Å². The van der Waals surface area contributed by atoms with Crippen LogP contribution in [0.1, 0.15) is 0 Å². The van der Waals surface area contributed by atoms with Crippen LogP contribution in [-0.4, -0.2) is 16.3 Å². The average Bonchev–Trinajstić information content (AvgIpc) is 2.49. The average molecular weight is 216 g/mol. The highest BCUT2D eigenvalue weighted by Crippen LogP contribution is 2.14. The molecular formula is C9H11ClFN3. The number of nitrogens with zero attached hydrogens (tertiary/aromatic N) is 2. The lowest BCUT2D eigenvalue weighted by atomic mass is 10.2. The zero-order valence-corrected chi connectivity index (χ0v) is 8.30. The van der Waals surface area contributed by atoms with Gasteiger partial charge < -0.3 is 5.73 Å². The van der Waals surface area contributed by atoms with Crippen molar-refractivity contribution in [2.24, 2.45) is 5.73 Å². The standard InChI is InChI=1S/C9H10FN3.ClH/c10-8-2-1-7-6-12-13(4-3-11)9(7)5-8;/h1-2,5-6H,3-4,11H2;1H. The van der Waals surface area contributed by atoms with Crippen LogP contribution in [-0.2, 0) is 6.54 Å². The molecule has 1 heterocycles. The first-order valence-electron chi connectivity index (χ1n) is 4.12. The summed E-state index contributed by atoms with van der Waals surface area (Å²) in [5, 5.41) is 5.04. The SMILES string of the molecule is Cl.NCCn1ncc2ccc(F)cc21. The summed E-state index contributed by atoms with van der Waals surface area (Å²) in [4.78, 5) is 0. The van der Waals surface area contributed by atoms with Crippen molar-refractivity contribution in [1.82, 2.24) is 9.78 Å². The molecule has 76 valence electrons. The van der Waals surface area contributed by atoms with Crippen molar-refractivity contribution >= 4 is 23.3 Å². The van der Waals surface area contributed by atoms with E-state index in [9.17, 15) is 4.39 Å². The summed E-state index contributed by atoms with van der Waals surface area (Å²) in [5.74, 6) is -0.244. The maximum atomic E-state index is 12.9. The van der Waals surface area contributed by atoms with E-state index in [4.69, 9.17) is 5.73 Å². The molecule has 0 saturated carbocycles. The van der Waals surface area contributed by atoms with Gasteiger partial charge in [0.2, 0.25) is 0 Å². The third-order valence-corrected chi connectivity index (χ3v) is 1.95. The topological polar surface area (TPSA) is 43.8 Å². The molecule has 0 aliphatic rings. The van der Waals surface area contributed by atoms with Gasteiger partial charge in [-0.3, -0.25) is 4.68 Å². The molecule has 0 saturated heterocycles. The van der Waals surface area contributed by atoms with Crippen molar-refractivity contribution in [2.45, 2.75) is 6.54 Å². The van der Waals surface area contributed by atoms with Crippen molar-refractivity contribution in [2.75, 3.05) is 6.54 Å². The van der Waals surface area contributed by atoms with E-state index in [1.807, 2.05) is 0 Å². The zero-order valence-electron chi connectivity index (χ0n) is 7.48. The third-order valence-electron chi connectivity index (χ3n) is 1.95. The fraction of sp³-hybridized carbons (Fsp3) is 0.222. The van der Waals surface area contributed by atoms with E-state index in [0.717, 1.165) is 10.9 Å². The Labute approximate surface area is 87.1 Å². The first-order chi connectivity index (χ1) is 6.31. The fourth-order valence-corrected chi connectivity index (χ4v) is 1.34. The number of aromatic nitrogens is 2. The largest absolute Gasteiger partial charge is 0.329 e. The molecule has 2 N–H and O–H groups in total. The van der Waals surface area contributed by atoms with Gasteiger partial charge in [-0.25, -0.2) is 4.39 Å². The van der Waals surface area contributed by atoms with Crippen LogP contribution in [0.25, 0.3) is 10.9 Å². The molecule has 0 aliphatic carbocycles. The van der Waals surface area contributed by atoms with E-state index < -0.39 is 0 Å². The zero-order chi connectivity index (χ0) is 9.26. The summed E-state index contributed by atoms with van der Waals surface area (Å²) in [6.07, 6.45) is 1.71. The molecule has 14 heavy (non-hydrogen) atoms. The lowest BCUT2D eigenvalue weighted by Crippen LogP contribution is -2.10. The van der Waals surface area contributed by atoms with Crippen LogP contribution in [0.2, 0.25) is 0 Å². The molecule has 2 aromatic rings. The van der Waals surface area contributed by atoms with Crippen LogP contribution < -0.4 is 5.73 Å². The van der Waals surface area contributed by atoms with E-state index >= 15 is 0 Å². The highest BCUT2D eigenvalue weighted by molar-refractivity contribution is 5.85. The third kappa shape index (κ3) is 1.86. The summed E-state index contributed by atoms with van der Waals surface area (Å²) < 4.78 is 14.6. The number of nitrogens with two attached hydrogens (primary N) is 1. The summed E-state index contributed by atoms with van der Waals surface area (Å²) in [5.41, 5.74) is 6.19. The van der Waals surface area contributed by atoms with Gasteiger partial charge in [-0.2, -0.15) is 5.10 Å². The molecule has 5 heteroatoms. The number of benzene rings is 1. The second-order valence-corrected chi connectivity index (χ2v) is 2.86. The quantitative estimate of drug-likeness (QED) is 0.826. The van der Waals surface area contributed by atoms with Gasteiger partial charge in [0.1, 0.15) is 5.82 Å². The summed E-state index contributed by atoms with van der Waals surface area (Å²) in [7, 11) is 0. The molecular weight excluding hydrogens is 205 g/mol. The van der Waals surface area contributed by atoms with Crippen molar-refractivity contribution < 1.29 is 4.39 Å². The molecule has 0 aliphatic heterocycles. The molecule has 0 amide bonds. The predicted octanol–water partition coefficient (Wildman–Crippen LogP) is 1.56. The van der Waals surface area contributed by atoms with Crippen LogP contribution in [0, 0.1) is 5.82 Å². The molecule has 2 rings (SSSR count). The molecule has 0 bridgehead atoms. The molecule has 0 unspecified atom stereocenters. The first-order valence-corrected chi connectivity index (χ1v) is 4.12. The second kappa shape index (κ2) is 4.39. The lowest BCUT2D eigenvalue weighted by Gasteiger charge is -1.99. The van der Waals surface area contributed by atoms with Crippen LogP contribution in [0.5, 0.6) is 0 Å². The van der Waals surface area contributed by atoms with Gasteiger partial charge in [-0.1, -0.05) is 0 Å². The van der Waals surface area contributed by atoms with Crippen molar-refractivity contribution in [3.8, 4) is 0 Å². The van der Waals surface area contributed by atoms with Crippen LogP contribution in [0.15, 0.2) is 24.4 Å². The monoisotopic (exact) mass is 215 g/mol. The minimum atomic E-state index is -0.244. The molecule has 1 aromatic heterocycles. The molecule has 1 aromatic carbocycles. The Morgan fingerprint density at radius 1 is 1.43 bits per heavy atom. The number of halogens is 2. The summed E-state index contributed by atoms with van der Waals surface area (Å²) >= 11 is 0. The van der Waals surface area contributed by atoms with Gasteiger partial charge in [0.25, 0.3) is 0 Å². The van der Waals surface area contributed by atoms with Gasteiger partial charge in [0, 0.05) is 11.9 Å². The van der Waals surface area contributed by atoms with E-state index in [1.165, 1.54) is 12.1 Å². The van der Waals surface area contributed by atoms with E-state index in [0.29, 0.717) is 13.1 Å². The van der Waals surface area contributed by atoms with Gasteiger partial charge in [0.15, 0.2) is 0 Å². The fourth-order valence-electron chi connectivity index (χ4n) is 1.34. The number of hydrogen-bond donors (Lipinski definition) is 1. The Hall–Kier alpha value is -1.13. The Morgan fingerprint density at radius 2 is 2.21 bits per heavy atom. The minimum Gasteiger partial charge on any atom is -0.329 e. The maximum absolute atomic E-state index is 12.9. The van der Waals surface area contributed by atoms with Crippen molar-refractivity contribution in [3.63, 3.8) is 0 Å². The Kier molecular flexibility index (Phi) is 3.43. The van der Waals surface area contributed by atoms with Gasteiger partial charge in [-0.15, -0.1) is 12.4 Å². The van der Waals surface area contributed by atoms with Gasteiger partial charge in [0.05, 0.1) is 18.3 Å². The van der Waals surface area contributed by atoms with Crippen LogP contribution in [0.3, 0.4) is 0 Å². The summed E-state index contributed by atoms with van der Waals surface area (Å²) in [6, 6.07) is 4.61. The second-order valence-electron chi connectivity index (χ2n) is 2.86. The van der Waals surface area contributed by atoms with Crippen molar-refractivity contribution in [1.29, 1.82) is 0 Å². The number of hydrogen-bond acceptors (Lipinski definition) is 2. The number of rotatable bonds is 2. The van der Waals surface area contributed by atoms with Crippen molar-refractivity contribution in [3.05, 3.63) is 30.2 Å². The molecule has 0 radical (unpaired) electrons. The molecule has 0 fully saturated rings. The highest BCUT2D eigenvalue weighted by atomic mass is 35.5. The summed E-state index contributed by atoms with van der Waals surface area (Å²) in [6.45, 7) is 1.13. The Balaban J connectivity index is 0.000000980. The van der Waals surface area contributed by atoms with E-state index in [1.54, 1.807) is 16.9 Å². The van der Waals surface area contributed by atoms with Crippen LogP contribution >= 0.6 is 12.4 Å².